The Balaban J connectivity index is 2.25. The molecule has 100 valence electrons. The van der Waals surface area contributed by atoms with E-state index >= 15 is 0 Å². The number of nitrogen functional groups attached to an aromatic ring is 1. The Morgan fingerprint density at radius 1 is 1.21 bits per heavy atom. The first kappa shape index (κ1) is 13.5. The van der Waals surface area contributed by atoms with E-state index in [9.17, 15) is 4.39 Å². The summed E-state index contributed by atoms with van der Waals surface area (Å²) >= 11 is 0. The average molecular weight is 259 g/mol. The number of nitrogens with two attached hydrogens (primary N) is 1. The van der Waals surface area contributed by atoms with Crippen molar-refractivity contribution in [3.63, 3.8) is 0 Å². The summed E-state index contributed by atoms with van der Waals surface area (Å²) in [5.41, 5.74) is 7.28. The third-order valence-electron chi connectivity index (χ3n) is 2.77. The first-order valence-electron chi connectivity index (χ1n) is 6.40. The molecule has 0 aliphatic heterocycles. The Morgan fingerprint density at radius 3 is 2.63 bits per heavy atom. The molecule has 4 heteroatoms. The van der Waals surface area contributed by atoms with E-state index in [4.69, 9.17) is 5.73 Å². The van der Waals surface area contributed by atoms with Gasteiger partial charge in [-0.15, -0.1) is 0 Å². The molecule has 1 aromatic carbocycles. The maximum absolute atomic E-state index is 13.6. The number of hydrogen-bond donors (Lipinski definition) is 1. The fraction of sp³-hybridized carbons (Fsp3) is 0.333. The van der Waals surface area contributed by atoms with E-state index in [1.807, 2.05) is 0 Å². The van der Waals surface area contributed by atoms with Gasteiger partial charge in [0.15, 0.2) is 0 Å². The highest BCUT2D eigenvalue weighted by Crippen LogP contribution is 2.14. The Labute approximate surface area is 112 Å². The van der Waals surface area contributed by atoms with Crippen LogP contribution in [-0.4, -0.2) is 9.97 Å². The molecule has 0 fully saturated rings. The van der Waals surface area contributed by atoms with Crippen LogP contribution in [0.4, 0.5) is 10.2 Å². The van der Waals surface area contributed by atoms with Crippen molar-refractivity contribution in [2.24, 2.45) is 5.92 Å². The second-order valence-electron chi connectivity index (χ2n) is 5.07. The van der Waals surface area contributed by atoms with E-state index in [0.717, 1.165) is 12.1 Å². The van der Waals surface area contributed by atoms with Crippen LogP contribution in [0.15, 0.2) is 30.3 Å². The standard InChI is InChI=1S/C15H18FN3/c1-10(2)7-12-9-14(17)19-15(18-12)8-11-5-3-4-6-13(11)16/h3-6,9-10H,7-8H2,1-2H3,(H2,17,18,19). The van der Waals surface area contributed by atoms with Gasteiger partial charge in [0, 0.05) is 18.2 Å². The van der Waals surface area contributed by atoms with Gasteiger partial charge >= 0.3 is 0 Å². The number of nitrogens with zero attached hydrogens (tertiary/aromatic N) is 2. The van der Waals surface area contributed by atoms with Crippen molar-refractivity contribution in [3.8, 4) is 0 Å². The molecule has 0 aliphatic rings. The van der Waals surface area contributed by atoms with Gasteiger partial charge in [0.05, 0.1) is 0 Å². The lowest BCUT2D eigenvalue weighted by Crippen LogP contribution is -2.07. The Bertz CT molecular complexity index is 567. The monoisotopic (exact) mass is 259 g/mol. The molecule has 0 atom stereocenters. The minimum atomic E-state index is -0.237. The maximum Gasteiger partial charge on any atom is 0.135 e. The molecule has 0 amide bonds. The van der Waals surface area contributed by atoms with Gasteiger partial charge in [-0.3, -0.25) is 0 Å². The summed E-state index contributed by atoms with van der Waals surface area (Å²) in [6, 6.07) is 8.44. The topological polar surface area (TPSA) is 51.8 Å². The van der Waals surface area contributed by atoms with Gasteiger partial charge in [-0.25, -0.2) is 14.4 Å². The summed E-state index contributed by atoms with van der Waals surface area (Å²) in [5, 5.41) is 0. The first-order valence-corrected chi connectivity index (χ1v) is 6.40. The lowest BCUT2D eigenvalue weighted by molar-refractivity contribution is 0.609. The molecule has 0 saturated carbocycles. The van der Waals surface area contributed by atoms with Crippen molar-refractivity contribution in [1.29, 1.82) is 0 Å². The van der Waals surface area contributed by atoms with Crippen LogP contribution in [-0.2, 0) is 12.8 Å². The fourth-order valence-corrected chi connectivity index (χ4v) is 1.99. The number of halogens is 1. The van der Waals surface area contributed by atoms with Crippen molar-refractivity contribution >= 4 is 5.82 Å². The molecule has 3 nitrogen and oxygen atoms in total. The smallest absolute Gasteiger partial charge is 0.135 e. The molecule has 0 spiro atoms. The molecule has 2 rings (SSSR count). The summed E-state index contributed by atoms with van der Waals surface area (Å²) in [5.74, 6) is 1.27. The average Bonchev–Trinajstić information content (AvgIpc) is 2.30. The second-order valence-corrected chi connectivity index (χ2v) is 5.07. The van der Waals surface area contributed by atoms with Crippen molar-refractivity contribution in [2.45, 2.75) is 26.7 Å². The molecule has 0 bridgehead atoms. The zero-order valence-electron chi connectivity index (χ0n) is 11.2. The van der Waals surface area contributed by atoms with Crippen LogP contribution >= 0.6 is 0 Å². The Hall–Kier alpha value is -1.97. The van der Waals surface area contributed by atoms with Gasteiger partial charge in [-0.2, -0.15) is 0 Å². The lowest BCUT2D eigenvalue weighted by Gasteiger charge is -2.08. The molecule has 0 saturated heterocycles. The van der Waals surface area contributed by atoms with Crippen LogP contribution in [0, 0.1) is 11.7 Å². The largest absolute Gasteiger partial charge is 0.384 e. The molecule has 1 aromatic heterocycles. The highest BCUT2D eigenvalue weighted by molar-refractivity contribution is 5.31. The number of hydrogen-bond acceptors (Lipinski definition) is 3. The zero-order valence-corrected chi connectivity index (χ0v) is 11.2. The predicted molar refractivity (Wildman–Crippen MR) is 74.2 cm³/mol. The third kappa shape index (κ3) is 3.74. The Kier molecular flexibility index (Phi) is 4.10. The van der Waals surface area contributed by atoms with Crippen molar-refractivity contribution in [2.75, 3.05) is 5.73 Å². The molecular formula is C15H18FN3. The number of anilines is 1. The normalized spacial score (nSPS) is 10.9. The SMILES string of the molecule is CC(C)Cc1cc(N)nc(Cc2ccccc2F)n1. The summed E-state index contributed by atoms with van der Waals surface area (Å²) in [6.45, 7) is 4.24. The minimum Gasteiger partial charge on any atom is -0.384 e. The lowest BCUT2D eigenvalue weighted by atomic mass is 10.1. The van der Waals surface area contributed by atoms with E-state index in [1.165, 1.54) is 6.07 Å². The summed E-state index contributed by atoms with van der Waals surface area (Å²) in [6.07, 6.45) is 1.21. The molecule has 0 aliphatic carbocycles. The number of benzene rings is 1. The minimum absolute atomic E-state index is 0.237. The molecule has 2 aromatic rings. The highest BCUT2D eigenvalue weighted by Gasteiger charge is 2.08. The van der Waals surface area contributed by atoms with E-state index in [2.05, 4.69) is 23.8 Å². The number of aromatic nitrogens is 2. The van der Waals surface area contributed by atoms with E-state index in [0.29, 0.717) is 29.5 Å². The van der Waals surface area contributed by atoms with Crippen molar-refractivity contribution in [3.05, 3.63) is 53.2 Å². The van der Waals surface area contributed by atoms with Crippen LogP contribution in [0.1, 0.15) is 30.9 Å². The Morgan fingerprint density at radius 2 is 1.95 bits per heavy atom. The van der Waals surface area contributed by atoms with Crippen molar-refractivity contribution < 1.29 is 4.39 Å². The van der Waals surface area contributed by atoms with E-state index < -0.39 is 0 Å². The third-order valence-corrected chi connectivity index (χ3v) is 2.77. The van der Waals surface area contributed by atoms with Crippen LogP contribution in [0.25, 0.3) is 0 Å². The van der Waals surface area contributed by atoms with E-state index in [-0.39, 0.29) is 5.82 Å². The summed E-state index contributed by atoms with van der Waals surface area (Å²) < 4.78 is 13.6. The van der Waals surface area contributed by atoms with Crippen LogP contribution in [0.3, 0.4) is 0 Å². The molecule has 2 N–H and O–H groups in total. The molecule has 0 radical (unpaired) electrons. The second kappa shape index (κ2) is 5.78. The van der Waals surface area contributed by atoms with E-state index in [1.54, 1.807) is 24.3 Å². The molecule has 1 heterocycles. The van der Waals surface area contributed by atoms with Gasteiger partial charge in [0.1, 0.15) is 17.5 Å². The molecular weight excluding hydrogens is 241 g/mol. The number of rotatable bonds is 4. The van der Waals surface area contributed by atoms with Gasteiger partial charge < -0.3 is 5.73 Å². The van der Waals surface area contributed by atoms with Crippen molar-refractivity contribution in [1.82, 2.24) is 9.97 Å². The molecule has 19 heavy (non-hydrogen) atoms. The van der Waals surface area contributed by atoms with Gasteiger partial charge in [0.2, 0.25) is 0 Å². The quantitative estimate of drug-likeness (QED) is 0.918. The first-order chi connectivity index (χ1) is 9.04. The maximum atomic E-state index is 13.6. The van der Waals surface area contributed by atoms with Crippen LogP contribution < -0.4 is 5.73 Å². The zero-order chi connectivity index (χ0) is 13.8. The van der Waals surface area contributed by atoms with Crippen LogP contribution in [0.2, 0.25) is 0 Å². The highest BCUT2D eigenvalue weighted by atomic mass is 19.1. The predicted octanol–water partition coefficient (Wildman–Crippen LogP) is 2.99. The van der Waals surface area contributed by atoms with Gasteiger partial charge in [-0.05, 0) is 24.0 Å². The molecule has 0 unspecified atom stereocenters. The summed E-state index contributed by atoms with van der Waals surface area (Å²) in [7, 11) is 0. The van der Waals surface area contributed by atoms with Crippen LogP contribution in [0.5, 0.6) is 0 Å². The fourth-order valence-electron chi connectivity index (χ4n) is 1.99. The van der Waals surface area contributed by atoms with Gasteiger partial charge in [0.25, 0.3) is 0 Å². The summed E-state index contributed by atoms with van der Waals surface area (Å²) in [4.78, 5) is 8.63. The van der Waals surface area contributed by atoms with Gasteiger partial charge in [-0.1, -0.05) is 32.0 Å².